The molecule has 0 radical (unpaired) electrons. The van der Waals surface area contributed by atoms with Crippen molar-refractivity contribution < 1.29 is 14.3 Å². The van der Waals surface area contributed by atoms with Crippen molar-refractivity contribution in [3.63, 3.8) is 0 Å². The van der Waals surface area contributed by atoms with Gasteiger partial charge in [0.2, 0.25) is 5.91 Å². The second-order valence-corrected chi connectivity index (χ2v) is 6.76. The number of benzene rings is 2. The second-order valence-electron chi connectivity index (χ2n) is 6.76. The van der Waals surface area contributed by atoms with Crippen molar-refractivity contribution in [1.82, 2.24) is 9.88 Å². The van der Waals surface area contributed by atoms with Crippen molar-refractivity contribution in [3.8, 4) is 11.5 Å². The van der Waals surface area contributed by atoms with Crippen molar-refractivity contribution in [2.75, 3.05) is 27.3 Å². The van der Waals surface area contributed by atoms with Crippen molar-refractivity contribution in [2.24, 2.45) is 0 Å². The van der Waals surface area contributed by atoms with E-state index in [0.29, 0.717) is 19.5 Å². The van der Waals surface area contributed by atoms with Crippen LogP contribution in [-0.4, -0.2) is 43.1 Å². The van der Waals surface area contributed by atoms with Gasteiger partial charge in [-0.3, -0.25) is 4.79 Å². The van der Waals surface area contributed by atoms with Crippen LogP contribution in [-0.2, 0) is 4.79 Å². The van der Waals surface area contributed by atoms with E-state index in [1.54, 1.807) is 14.2 Å². The largest absolute Gasteiger partial charge is 0.497 e. The number of fused-ring (bicyclic) bond motifs is 1. The Morgan fingerprint density at radius 3 is 2.29 bits per heavy atom. The number of H-pyrrole nitrogens is 1. The Bertz CT molecular complexity index is 922. The Kier molecular flexibility index (Phi) is 6.24. The van der Waals surface area contributed by atoms with Crippen molar-refractivity contribution >= 4 is 16.8 Å². The summed E-state index contributed by atoms with van der Waals surface area (Å²) in [5.74, 6) is 1.47. The van der Waals surface area contributed by atoms with Crippen LogP contribution in [0.2, 0.25) is 0 Å². The fourth-order valence-corrected chi connectivity index (χ4v) is 3.70. The van der Waals surface area contributed by atoms with Gasteiger partial charge >= 0.3 is 0 Å². The molecule has 0 aliphatic carbocycles. The number of nitrogens with one attached hydrogen (secondary N) is 1. The van der Waals surface area contributed by atoms with Gasteiger partial charge in [-0.2, -0.15) is 0 Å². The fraction of sp³-hybridized carbons (Fsp3) is 0.348. The average molecular weight is 380 g/mol. The highest BCUT2D eigenvalue weighted by molar-refractivity contribution is 5.86. The minimum Gasteiger partial charge on any atom is -0.497 e. The molecule has 5 heteroatoms. The highest BCUT2D eigenvalue weighted by Crippen LogP contribution is 2.37. The molecule has 0 aliphatic rings. The van der Waals surface area contributed by atoms with Crippen LogP contribution in [0.15, 0.2) is 48.7 Å². The van der Waals surface area contributed by atoms with Crippen LogP contribution in [0.25, 0.3) is 10.9 Å². The molecule has 1 amide bonds. The summed E-state index contributed by atoms with van der Waals surface area (Å²) < 4.78 is 10.9. The Hall–Kier alpha value is -2.95. The predicted molar refractivity (Wildman–Crippen MR) is 112 cm³/mol. The number of hydrogen-bond donors (Lipinski definition) is 1. The van der Waals surface area contributed by atoms with Crippen LogP contribution in [0.4, 0.5) is 0 Å². The van der Waals surface area contributed by atoms with Crippen molar-refractivity contribution in [2.45, 2.75) is 26.2 Å². The summed E-state index contributed by atoms with van der Waals surface area (Å²) in [6, 6.07) is 14.0. The molecular weight excluding hydrogens is 352 g/mol. The van der Waals surface area contributed by atoms with Gasteiger partial charge < -0.3 is 19.4 Å². The van der Waals surface area contributed by atoms with Gasteiger partial charge in [0.25, 0.3) is 0 Å². The van der Waals surface area contributed by atoms with Gasteiger partial charge in [0.1, 0.15) is 11.5 Å². The minimum absolute atomic E-state index is 0.103. The van der Waals surface area contributed by atoms with E-state index in [-0.39, 0.29) is 11.8 Å². The monoisotopic (exact) mass is 380 g/mol. The minimum atomic E-state index is -0.103. The first-order chi connectivity index (χ1) is 13.6. The molecule has 1 atom stereocenters. The highest BCUT2D eigenvalue weighted by atomic mass is 16.5. The van der Waals surface area contributed by atoms with Crippen LogP contribution in [0.3, 0.4) is 0 Å². The Balaban J connectivity index is 2.11. The topological polar surface area (TPSA) is 54.6 Å². The predicted octanol–water partition coefficient (Wildman–Crippen LogP) is 4.58. The summed E-state index contributed by atoms with van der Waals surface area (Å²) in [6.45, 7) is 5.43. The zero-order valence-corrected chi connectivity index (χ0v) is 17.0. The number of ether oxygens (including phenoxy) is 2. The number of hydrogen-bond acceptors (Lipinski definition) is 3. The number of carbonyl (C=O) groups is 1. The van der Waals surface area contributed by atoms with Gasteiger partial charge in [-0.25, -0.2) is 0 Å². The molecule has 0 bridgehead atoms. The first kappa shape index (κ1) is 19.8. The van der Waals surface area contributed by atoms with Crippen LogP contribution in [0, 0.1) is 0 Å². The Morgan fingerprint density at radius 1 is 1.04 bits per heavy atom. The third kappa shape index (κ3) is 3.98. The lowest BCUT2D eigenvalue weighted by molar-refractivity contribution is -0.131. The van der Waals surface area contributed by atoms with Crippen LogP contribution in [0.1, 0.15) is 37.3 Å². The number of aromatic nitrogens is 1. The molecule has 1 N–H and O–H groups in total. The maximum atomic E-state index is 13.0. The van der Waals surface area contributed by atoms with E-state index in [0.717, 1.165) is 33.5 Å². The molecule has 0 fully saturated rings. The molecule has 0 saturated carbocycles. The summed E-state index contributed by atoms with van der Waals surface area (Å²) in [7, 11) is 3.28. The molecule has 5 nitrogen and oxygen atoms in total. The lowest BCUT2D eigenvalue weighted by Gasteiger charge is -2.24. The molecule has 1 heterocycles. The molecule has 3 rings (SSSR count). The molecule has 2 aromatic carbocycles. The smallest absolute Gasteiger partial charge is 0.223 e. The van der Waals surface area contributed by atoms with Crippen LogP contribution in [0.5, 0.6) is 11.5 Å². The van der Waals surface area contributed by atoms with E-state index in [9.17, 15) is 4.79 Å². The van der Waals surface area contributed by atoms with E-state index in [2.05, 4.69) is 11.1 Å². The summed E-state index contributed by atoms with van der Waals surface area (Å²) in [6.07, 6.45) is 2.40. The van der Waals surface area contributed by atoms with E-state index < -0.39 is 0 Å². The zero-order chi connectivity index (χ0) is 20.1. The molecule has 3 aromatic rings. The first-order valence-corrected chi connectivity index (χ1v) is 9.68. The molecule has 1 aromatic heterocycles. The standard InChI is InChI=1S/C23H28N2O3/c1-5-25(6-2)23(26)14-20(16-11-17(27-3)13-18(12-16)28-4)21-15-24-22-10-8-7-9-19(21)22/h7-13,15,20,24H,5-6,14H2,1-4H3. The lowest BCUT2D eigenvalue weighted by Crippen LogP contribution is -2.31. The molecule has 0 aliphatic heterocycles. The van der Waals surface area contributed by atoms with Crippen molar-refractivity contribution in [1.29, 1.82) is 0 Å². The second kappa shape index (κ2) is 8.83. The van der Waals surface area contributed by atoms with Gasteiger partial charge in [0.15, 0.2) is 0 Å². The third-order valence-corrected chi connectivity index (χ3v) is 5.27. The Labute approximate surface area is 166 Å². The summed E-state index contributed by atoms with van der Waals surface area (Å²) in [4.78, 5) is 18.2. The highest BCUT2D eigenvalue weighted by Gasteiger charge is 2.24. The lowest BCUT2D eigenvalue weighted by atomic mass is 9.87. The summed E-state index contributed by atoms with van der Waals surface area (Å²) in [5, 5.41) is 1.13. The number of methoxy groups -OCH3 is 2. The molecule has 0 spiro atoms. The molecular formula is C23H28N2O3. The number of para-hydroxylation sites is 1. The molecule has 148 valence electrons. The maximum absolute atomic E-state index is 13.0. The fourth-order valence-electron chi connectivity index (χ4n) is 3.70. The summed E-state index contributed by atoms with van der Waals surface area (Å²) >= 11 is 0. The average Bonchev–Trinajstić information content (AvgIpc) is 3.16. The van der Waals surface area contributed by atoms with Gasteiger partial charge in [-0.15, -0.1) is 0 Å². The van der Waals surface area contributed by atoms with E-state index in [1.165, 1.54) is 0 Å². The van der Waals surface area contributed by atoms with Crippen molar-refractivity contribution in [3.05, 3.63) is 59.8 Å². The number of amides is 1. The van der Waals surface area contributed by atoms with Crippen LogP contribution < -0.4 is 9.47 Å². The Morgan fingerprint density at radius 2 is 1.68 bits per heavy atom. The van der Waals surface area contributed by atoms with Gasteiger partial charge in [-0.1, -0.05) is 18.2 Å². The number of aromatic amines is 1. The quantitative estimate of drug-likeness (QED) is 0.622. The van der Waals surface area contributed by atoms with E-state index in [1.807, 2.05) is 61.3 Å². The zero-order valence-electron chi connectivity index (χ0n) is 17.0. The van der Waals surface area contributed by atoms with Gasteiger partial charge in [-0.05, 0) is 43.2 Å². The number of rotatable bonds is 8. The molecule has 1 unspecified atom stereocenters. The first-order valence-electron chi connectivity index (χ1n) is 9.68. The SMILES string of the molecule is CCN(CC)C(=O)CC(c1cc(OC)cc(OC)c1)c1c[nH]c2ccccc12. The summed E-state index contributed by atoms with van der Waals surface area (Å²) in [5.41, 5.74) is 3.17. The third-order valence-electron chi connectivity index (χ3n) is 5.27. The number of carbonyl (C=O) groups excluding carboxylic acids is 1. The molecule has 0 saturated heterocycles. The van der Waals surface area contributed by atoms with Gasteiger partial charge in [0, 0.05) is 48.6 Å². The molecule has 28 heavy (non-hydrogen) atoms. The normalized spacial score (nSPS) is 12.0. The number of nitrogens with zero attached hydrogens (tertiary/aromatic N) is 1. The maximum Gasteiger partial charge on any atom is 0.223 e. The van der Waals surface area contributed by atoms with Gasteiger partial charge in [0.05, 0.1) is 14.2 Å². The van der Waals surface area contributed by atoms with E-state index in [4.69, 9.17) is 9.47 Å². The van der Waals surface area contributed by atoms with Crippen LogP contribution >= 0.6 is 0 Å². The van der Waals surface area contributed by atoms with E-state index >= 15 is 0 Å².